The van der Waals surface area contributed by atoms with Crippen LogP contribution in [0.15, 0.2) is 54.9 Å². The summed E-state index contributed by atoms with van der Waals surface area (Å²) >= 11 is 0. The van der Waals surface area contributed by atoms with E-state index in [2.05, 4.69) is 15.0 Å². The number of imidazole rings is 1. The van der Waals surface area contributed by atoms with E-state index in [0.29, 0.717) is 24.5 Å². The van der Waals surface area contributed by atoms with Crippen molar-refractivity contribution in [2.24, 2.45) is 0 Å². The van der Waals surface area contributed by atoms with Gasteiger partial charge >= 0.3 is 6.18 Å². The van der Waals surface area contributed by atoms with Gasteiger partial charge in [0.1, 0.15) is 5.82 Å². The van der Waals surface area contributed by atoms with Crippen LogP contribution in [0, 0.1) is 0 Å². The largest absolute Gasteiger partial charge is 0.401 e. The van der Waals surface area contributed by atoms with E-state index in [1.807, 2.05) is 42.5 Å². The number of halogens is 3. The van der Waals surface area contributed by atoms with Crippen LogP contribution in [0.5, 0.6) is 0 Å². The molecule has 3 aromatic rings. The Morgan fingerprint density at radius 1 is 1.04 bits per heavy atom. The summed E-state index contributed by atoms with van der Waals surface area (Å²) in [5, 5.41) is 0. The predicted molar refractivity (Wildman–Crippen MR) is 96.9 cm³/mol. The third-order valence-corrected chi connectivity index (χ3v) is 4.79. The van der Waals surface area contributed by atoms with Gasteiger partial charge in [0.25, 0.3) is 0 Å². The van der Waals surface area contributed by atoms with E-state index in [4.69, 9.17) is 0 Å². The van der Waals surface area contributed by atoms with E-state index in [0.717, 1.165) is 23.2 Å². The van der Waals surface area contributed by atoms with Crippen LogP contribution in [-0.2, 0) is 0 Å². The number of nitrogens with one attached hydrogen (secondary N) is 1. The predicted octanol–water partition coefficient (Wildman–Crippen LogP) is 4.84. The van der Waals surface area contributed by atoms with Gasteiger partial charge in [0.15, 0.2) is 0 Å². The average Bonchev–Trinajstić information content (AvgIpc) is 3.30. The minimum atomic E-state index is -4.20. The maximum atomic E-state index is 12.8. The minimum Gasteiger partial charge on any atom is -0.347 e. The van der Waals surface area contributed by atoms with Crippen molar-refractivity contribution in [1.29, 1.82) is 0 Å². The fourth-order valence-corrected chi connectivity index (χ4v) is 3.54. The Hall–Kier alpha value is -2.67. The van der Waals surface area contributed by atoms with Crippen LogP contribution in [-0.4, -0.2) is 39.1 Å². The first-order valence-electron chi connectivity index (χ1n) is 8.87. The van der Waals surface area contributed by atoms with Crippen LogP contribution in [0.3, 0.4) is 0 Å². The maximum absolute atomic E-state index is 12.8. The lowest BCUT2D eigenvalue weighted by atomic mass is 10.1. The summed E-state index contributed by atoms with van der Waals surface area (Å²) in [6.07, 6.45) is 0.691. The molecule has 1 aromatic carbocycles. The van der Waals surface area contributed by atoms with Gasteiger partial charge in [-0.25, -0.2) is 4.98 Å². The molecule has 1 fully saturated rings. The van der Waals surface area contributed by atoms with Crippen molar-refractivity contribution in [3.8, 4) is 22.5 Å². The third kappa shape index (κ3) is 4.03. The van der Waals surface area contributed by atoms with Crippen molar-refractivity contribution in [1.82, 2.24) is 19.9 Å². The summed E-state index contributed by atoms with van der Waals surface area (Å²) in [6, 6.07) is 13.4. The zero-order chi connectivity index (χ0) is 18.9. The smallest absolute Gasteiger partial charge is 0.347 e. The second-order valence-electron chi connectivity index (χ2n) is 6.71. The molecule has 4 rings (SSSR count). The first-order chi connectivity index (χ1) is 13.0. The first kappa shape index (κ1) is 17.7. The van der Waals surface area contributed by atoms with E-state index < -0.39 is 12.7 Å². The van der Waals surface area contributed by atoms with Crippen molar-refractivity contribution in [2.45, 2.75) is 25.1 Å². The average molecular weight is 372 g/mol. The van der Waals surface area contributed by atoms with Gasteiger partial charge in [-0.15, -0.1) is 0 Å². The van der Waals surface area contributed by atoms with Gasteiger partial charge in [0, 0.05) is 23.5 Å². The molecular formula is C20H19F3N4. The van der Waals surface area contributed by atoms with Crippen LogP contribution in [0.25, 0.3) is 22.5 Å². The van der Waals surface area contributed by atoms with E-state index in [9.17, 15) is 13.2 Å². The van der Waals surface area contributed by atoms with E-state index >= 15 is 0 Å². The number of likely N-dealkylation sites (tertiary alicyclic amines) is 1. The molecule has 0 unspecified atom stereocenters. The van der Waals surface area contributed by atoms with Crippen LogP contribution in [0.4, 0.5) is 13.2 Å². The number of rotatable bonds is 4. The van der Waals surface area contributed by atoms with Crippen molar-refractivity contribution in [2.75, 3.05) is 13.1 Å². The number of pyridine rings is 1. The summed E-state index contributed by atoms with van der Waals surface area (Å²) in [5.41, 5.74) is 3.41. The normalized spacial score (nSPS) is 18.1. The molecule has 1 N–H and O–H groups in total. The summed E-state index contributed by atoms with van der Waals surface area (Å²) < 4.78 is 38.3. The Morgan fingerprint density at radius 3 is 2.56 bits per heavy atom. The molecule has 1 aliphatic heterocycles. The lowest BCUT2D eigenvalue weighted by Crippen LogP contribution is -2.34. The maximum Gasteiger partial charge on any atom is 0.401 e. The molecule has 0 radical (unpaired) electrons. The molecule has 1 saturated heterocycles. The Balaban J connectivity index is 1.52. The Bertz CT molecular complexity index is 888. The number of hydrogen-bond donors (Lipinski definition) is 1. The van der Waals surface area contributed by atoms with Gasteiger partial charge in [0.05, 0.1) is 24.0 Å². The number of nitrogens with zero attached hydrogens (tertiary/aromatic N) is 3. The molecular weight excluding hydrogens is 353 g/mol. The Labute approximate surface area is 155 Å². The van der Waals surface area contributed by atoms with Gasteiger partial charge in [-0.05, 0) is 31.5 Å². The third-order valence-electron chi connectivity index (χ3n) is 4.79. The van der Waals surface area contributed by atoms with Crippen LogP contribution >= 0.6 is 0 Å². The zero-order valence-electron chi connectivity index (χ0n) is 14.6. The monoisotopic (exact) mass is 372 g/mol. The quantitative estimate of drug-likeness (QED) is 0.713. The molecule has 2 aromatic heterocycles. The highest BCUT2D eigenvalue weighted by molar-refractivity contribution is 5.64. The summed E-state index contributed by atoms with van der Waals surface area (Å²) in [4.78, 5) is 13.5. The van der Waals surface area contributed by atoms with Gasteiger partial charge in [-0.1, -0.05) is 30.3 Å². The van der Waals surface area contributed by atoms with Gasteiger partial charge in [-0.2, -0.15) is 13.2 Å². The summed E-state index contributed by atoms with van der Waals surface area (Å²) in [5.74, 6) is 0.582. The number of alkyl halides is 3. The van der Waals surface area contributed by atoms with Crippen LogP contribution in [0.2, 0.25) is 0 Å². The molecule has 4 nitrogen and oxygen atoms in total. The van der Waals surface area contributed by atoms with E-state index in [1.54, 1.807) is 12.4 Å². The van der Waals surface area contributed by atoms with Gasteiger partial charge < -0.3 is 4.98 Å². The second-order valence-corrected chi connectivity index (χ2v) is 6.71. The summed E-state index contributed by atoms with van der Waals surface area (Å²) in [6.45, 7) is -0.464. The molecule has 1 atom stereocenters. The SMILES string of the molecule is FC(F)(F)CN1CCC[C@@H]1c1nc(-c2ccc(-c3ccccc3)nc2)c[nH]1. The molecule has 3 heterocycles. The fourth-order valence-electron chi connectivity index (χ4n) is 3.54. The van der Waals surface area contributed by atoms with Gasteiger partial charge in [0.2, 0.25) is 0 Å². The zero-order valence-corrected chi connectivity index (χ0v) is 14.6. The molecule has 1 aliphatic rings. The van der Waals surface area contributed by atoms with Crippen molar-refractivity contribution >= 4 is 0 Å². The molecule has 0 saturated carbocycles. The molecule has 0 aliphatic carbocycles. The van der Waals surface area contributed by atoms with Crippen LogP contribution < -0.4 is 0 Å². The lowest BCUT2D eigenvalue weighted by molar-refractivity contribution is -0.148. The molecule has 0 spiro atoms. The number of hydrogen-bond acceptors (Lipinski definition) is 3. The van der Waals surface area contributed by atoms with Crippen molar-refractivity contribution in [3.63, 3.8) is 0 Å². The highest BCUT2D eigenvalue weighted by atomic mass is 19.4. The molecule has 27 heavy (non-hydrogen) atoms. The van der Waals surface area contributed by atoms with Gasteiger partial charge in [-0.3, -0.25) is 9.88 Å². The number of aromatic amines is 1. The summed E-state index contributed by atoms with van der Waals surface area (Å²) in [7, 11) is 0. The minimum absolute atomic E-state index is 0.322. The Kier molecular flexibility index (Phi) is 4.70. The van der Waals surface area contributed by atoms with Crippen molar-refractivity contribution < 1.29 is 13.2 Å². The molecule has 7 heteroatoms. The fraction of sp³-hybridized carbons (Fsp3) is 0.300. The number of benzene rings is 1. The standard InChI is InChI=1S/C20H19F3N4/c21-20(22,23)13-27-10-4-7-18(27)19-25-12-17(26-19)15-8-9-16(24-11-15)14-5-2-1-3-6-14/h1-3,5-6,8-9,11-12,18H,4,7,10,13H2,(H,25,26)/t18-/m1/s1. The number of H-pyrrole nitrogens is 1. The molecule has 0 bridgehead atoms. The second kappa shape index (κ2) is 7.15. The van der Waals surface area contributed by atoms with E-state index in [-0.39, 0.29) is 6.04 Å². The molecule has 0 amide bonds. The molecule has 140 valence electrons. The number of aromatic nitrogens is 3. The van der Waals surface area contributed by atoms with E-state index in [1.165, 1.54) is 4.90 Å². The van der Waals surface area contributed by atoms with Crippen molar-refractivity contribution in [3.05, 3.63) is 60.7 Å². The first-order valence-corrected chi connectivity index (χ1v) is 8.87. The Morgan fingerprint density at radius 2 is 1.85 bits per heavy atom. The lowest BCUT2D eigenvalue weighted by Gasteiger charge is -2.23. The highest BCUT2D eigenvalue weighted by Crippen LogP contribution is 2.34. The topological polar surface area (TPSA) is 44.8 Å². The van der Waals surface area contributed by atoms with Crippen LogP contribution in [0.1, 0.15) is 24.7 Å². The highest BCUT2D eigenvalue weighted by Gasteiger charge is 2.37.